The van der Waals surface area contributed by atoms with E-state index in [0.29, 0.717) is 0 Å². The SMILES string of the molecule is N#CC(C#N)=C1c2ccccc2C(c2ccccc2)C1c1ccccc1. The Morgan fingerprint density at radius 1 is 0.615 bits per heavy atom. The van der Waals surface area contributed by atoms with E-state index in [4.69, 9.17) is 0 Å². The molecule has 26 heavy (non-hydrogen) atoms. The van der Waals surface area contributed by atoms with E-state index in [9.17, 15) is 10.5 Å². The fourth-order valence-corrected chi connectivity index (χ4v) is 4.01. The van der Waals surface area contributed by atoms with Crippen LogP contribution in [0.5, 0.6) is 0 Å². The molecule has 2 heteroatoms. The molecule has 3 aromatic rings. The van der Waals surface area contributed by atoms with Crippen LogP contribution in [0, 0.1) is 22.7 Å². The van der Waals surface area contributed by atoms with Gasteiger partial charge < -0.3 is 0 Å². The first kappa shape index (κ1) is 15.9. The average Bonchev–Trinajstić information content (AvgIpc) is 3.06. The predicted molar refractivity (Wildman–Crippen MR) is 102 cm³/mol. The lowest BCUT2D eigenvalue weighted by Crippen LogP contribution is -2.08. The number of nitriles is 2. The van der Waals surface area contributed by atoms with Gasteiger partial charge in [-0.05, 0) is 27.8 Å². The van der Waals surface area contributed by atoms with Gasteiger partial charge in [-0.25, -0.2) is 0 Å². The van der Waals surface area contributed by atoms with Crippen molar-refractivity contribution in [3.8, 4) is 12.1 Å². The van der Waals surface area contributed by atoms with Crippen molar-refractivity contribution in [2.45, 2.75) is 11.8 Å². The maximum atomic E-state index is 9.60. The normalized spacial score (nSPS) is 17.8. The zero-order chi connectivity index (χ0) is 17.9. The molecule has 0 saturated carbocycles. The Morgan fingerprint density at radius 3 is 1.69 bits per heavy atom. The first-order valence-electron chi connectivity index (χ1n) is 8.58. The molecule has 0 radical (unpaired) electrons. The Morgan fingerprint density at radius 2 is 1.12 bits per heavy atom. The first-order chi connectivity index (χ1) is 12.8. The van der Waals surface area contributed by atoms with E-state index < -0.39 is 0 Å². The summed E-state index contributed by atoms with van der Waals surface area (Å²) in [6.07, 6.45) is 0. The topological polar surface area (TPSA) is 47.6 Å². The molecule has 0 bridgehead atoms. The zero-order valence-electron chi connectivity index (χ0n) is 14.1. The van der Waals surface area contributed by atoms with E-state index >= 15 is 0 Å². The summed E-state index contributed by atoms with van der Waals surface area (Å²) in [5.41, 5.74) is 5.53. The summed E-state index contributed by atoms with van der Waals surface area (Å²) in [5, 5.41) is 19.2. The highest BCUT2D eigenvalue weighted by molar-refractivity contribution is 5.87. The molecule has 0 spiro atoms. The minimum atomic E-state index is -0.0506. The molecule has 1 aliphatic rings. The maximum absolute atomic E-state index is 9.60. The molecule has 0 aromatic heterocycles. The summed E-state index contributed by atoms with van der Waals surface area (Å²) < 4.78 is 0. The summed E-state index contributed by atoms with van der Waals surface area (Å²) >= 11 is 0. The zero-order valence-corrected chi connectivity index (χ0v) is 14.1. The van der Waals surface area contributed by atoms with Crippen molar-refractivity contribution in [2.75, 3.05) is 0 Å². The quantitative estimate of drug-likeness (QED) is 0.589. The van der Waals surface area contributed by atoms with Gasteiger partial charge in [0.05, 0.1) is 0 Å². The van der Waals surface area contributed by atoms with Crippen LogP contribution in [0.2, 0.25) is 0 Å². The van der Waals surface area contributed by atoms with Crippen LogP contribution in [-0.4, -0.2) is 0 Å². The van der Waals surface area contributed by atoms with Gasteiger partial charge in [-0.15, -0.1) is 0 Å². The Bertz CT molecular complexity index is 1030. The van der Waals surface area contributed by atoms with Crippen molar-refractivity contribution in [1.29, 1.82) is 10.5 Å². The van der Waals surface area contributed by atoms with Crippen LogP contribution >= 0.6 is 0 Å². The lowest BCUT2D eigenvalue weighted by Gasteiger charge is -2.23. The summed E-state index contributed by atoms with van der Waals surface area (Å²) in [4.78, 5) is 0. The molecule has 0 aliphatic heterocycles. The van der Waals surface area contributed by atoms with Crippen molar-refractivity contribution >= 4 is 5.57 Å². The van der Waals surface area contributed by atoms with Crippen LogP contribution in [0.3, 0.4) is 0 Å². The summed E-state index contributed by atoms with van der Waals surface area (Å²) in [6.45, 7) is 0. The van der Waals surface area contributed by atoms with Crippen molar-refractivity contribution in [1.82, 2.24) is 0 Å². The third kappa shape index (κ3) is 2.50. The second-order valence-electron chi connectivity index (χ2n) is 6.38. The van der Waals surface area contributed by atoms with Crippen molar-refractivity contribution in [2.24, 2.45) is 0 Å². The Labute approximate surface area is 153 Å². The molecule has 0 heterocycles. The highest BCUT2D eigenvalue weighted by Crippen LogP contribution is 2.55. The molecule has 0 N–H and O–H groups in total. The van der Waals surface area contributed by atoms with E-state index in [1.54, 1.807) is 0 Å². The van der Waals surface area contributed by atoms with Gasteiger partial charge in [0.25, 0.3) is 0 Å². The van der Waals surface area contributed by atoms with E-state index in [1.165, 1.54) is 11.1 Å². The van der Waals surface area contributed by atoms with Gasteiger partial charge in [0.15, 0.2) is 0 Å². The molecule has 3 aromatic carbocycles. The fourth-order valence-electron chi connectivity index (χ4n) is 4.01. The van der Waals surface area contributed by atoms with E-state index in [2.05, 4.69) is 42.5 Å². The number of nitrogens with zero attached hydrogens (tertiary/aromatic N) is 2. The average molecular weight is 332 g/mol. The molecule has 2 atom stereocenters. The Kier molecular flexibility index (Phi) is 4.10. The predicted octanol–water partition coefficient (Wildman–Crippen LogP) is 5.42. The van der Waals surface area contributed by atoms with Crippen molar-refractivity contribution in [3.05, 3.63) is 113 Å². The minimum Gasteiger partial charge on any atom is -0.192 e. The van der Waals surface area contributed by atoms with Crippen LogP contribution in [-0.2, 0) is 0 Å². The summed E-state index contributed by atoms with van der Waals surface area (Å²) in [7, 11) is 0. The standard InChI is InChI=1S/C24H16N2/c25-15-19(16-26)23-21-14-8-7-13-20(21)22(17-9-3-1-4-10-17)24(23)18-11-5-2-6-12-18/h1-14,22,24H. The third-order valence-corrected chi connectivity index (χ3v) is 5.04. The number of hydrogen-bond acceptors (Lipinski definition) is 2. The first-order valence-corrected chi connectivity index (χ1v) is 8.58. The van der Waals surface area contributed by atoms with Crippen LogP contribution < -0.4 is 0 Å². The lowest BCUT2D eigenvalue weighted by molar-refractivity contribution is 0.763. The molecule has 1 aliphatic carbocycles. The van der Waals surface area contributed by atoms with Gasteiger partial charge in [-0.3, -0.25) is 0 Å². The van der Waals surface area contributed by atoms with E-state index in [0.717, 1.165) is 16.7 Å². The highest BCUT2D eigenvalue weighted by Gasteiger charge is 2.40. The van der Waals surface area contributed by atoms with Crippen LogP contribution in [0.25, 0.3) is 5.57 Å². The van der Waals surface area contributed by atoms with Crippen molar-refractivity contribution in [3.63, 3.8) is 0 Å². The van der Waals surface area contributed by atoms with Gasteiger partial charge in [-0.1, -0.05) is 84.9 Å². The second-order valence-corrected chi connectivity index (χ2v) is 6.38. The van der Waals surface area contributed by atoms with Gasteiger partial charge >= 0.3 is 0 Å². The maximum Gasteiger partial charge on any atom is 0.134 e. The molecule has 122 valence electrons. The third-order valence-electron chi connectivity index (χ3n) is 5.04. The summed E-state index contributed by atoms with van der Waals surface area (Å²) in [6, 6.07) is 32.9. The monoisotopic (exact) mass is 332 g/mol. The molecule has 2 unspecified atom stereocenters. The highest BCUT2D eigenvalue weighted by atomic mass is 14.4. The molecule has 4 rings (SSSR count). The molecular weight excluding hydrogens is 316 g/mol. The number of hydrogen-bond donors (Lipinski definition) is 0. The Balaban J connectivity index is 2.06. The largest absolute Gasteiger partial charge is 0.192 e. The smallest absolute Gasteiger partial charge is 0.134 e. The number of fused-ring (bicyclic) bond motifs is 1. The van der Waals surface area contributed by atoms with E-state index in [-0.39, 0.29) is 17.4 Å². The molecule has 0 saturated heterocycles. The molecule has 0 fully saturated rings. The number of benzene rings is 3. The van der Waals surface area contributed by atoms with Gasteiger partial charge in [-0.2, -0.15) is 10.5 Å². The van der Waals surface area contributed by atoms with Gasteiger partial charge in [0.1, 0.15) is 17.7 Å². The number of rotatable bonds is 2. The molecule has 0 amide bonds. The van der Waals surface area contributed by atoms with Crippen LogP contribution in [0.1, 0.15) is 34.1 Å². The molecule has 2 nitrogen and oxygen atoms in total. The van der Waals surface area contributed by atoms with Crippen LogP contribution in [0.15, 0.2) is 90.5 Å². The second kappa shape index (κ2) is 6.71. The van der Waals surface area contributed by atoms with Gasteiger partial charge in [0.2, 0.25) is 0 Å². The van der Waals surface area contributed by atoms with E-state index in [1.807, 2.05) is 54.6 Å². The van der Waals surface area contributed by atoms with Gasteiger partial charge in [0, 0.05) is 11.8 Å². The minimum absolute atomic E-state index is 0.0506. The molecular formula is C24H16N2. The summed E-state index contributed by atoms with van der Waals surface area (Å²) in [5.74, 6) is 0.0341. The fraction of sp³-hybridized carbons (Fsp3) is 0.0833. The van der Waals surface area contributed by atoms with Crippen LogP contribution in [0.4, 0.5) is 0 Å². The lowest BCUT2D eigenvalue weighted by atomic mass is 9.79. The van der Waals surface area contributed by atoms with Crippen molar-refractivity contribution < 1.29 is 0 Å². The Hall–Kier alpha value is -3.62. The number of allylic oxidation sites excluding steroid dienone is 2.